The van der Waals surface area contributed by atoms with Crippen LogP contribution in [0.25, 0.3) is 0 Å². The Morgan fingerprint density at radius 1 is 1.50 bits per heavy atom. The zero-order chi connectivity index (χ0) is 13.1. The summed E-state index contributed by atoms with van der Waals surface area (Å²) in [5, 5.41) is 0. The quantitative estimate of drug-likeness (QED) is 0.930. The average molecular weight is 307 g/mol. The van der Waals surface area contributed by atoms with Crippen LogP contribution in [0, 0.1) is 0 Å². The van der Waals surface area contributed by atoms with E-state index in [4.69, 9.17) is 28.9 Å². The molecule has 0 spiro atoms. The van der Waals surface area contributed by atoms with Crippen LogP contribution in [-0.4, -0.2) is 29.9 Å². The molecule has 0 saturated carbocycles. The number of carbonyl (C=O) groups is 1. The van der Waals surface area contributed by atoms with Gasteiger partial charge in [0.1, 0.15) is 4.34 Å². The Balaban J connectivity index is 2.18. The Labute approximate surface area is 121 Å². The lowest BCUT2D eigenvalue weighted by atomic mass is 9.98. The third kappa shape index (κ3) is 2.99. The van der Waals surface area contributed by atoms with Crippen molar-refractivity contribution in [1.29, 1.82) is 0 Å². The Bertz CT molecular complexity index is 434. The van der Waals surface area contributed by atoms with Crippen molar-refractivity contribution in [2.45, 2.75) is 31.7 Å². The topological polar surface area (TPSA) is 46.3 Å². The molecule has 1 aromatic heterocycles. The molecule has 0 aromatic carbocycles. The second-order valence-electron chi connectivity index (χ2n) is 4.46. The maximum atomic E-state index is 12.5. The van der Waals surface area contributed by atoms with Gasteiger partial charge in [0.2, 0.25) is 0 Å². The maximum Gasteiger partial charge on any atom is 0.256 e. The van der Waals surface area contributed by atoms with Crippen molar-refractivity contribution >= 4 is 40.4 Å². The predicted molar refractivity (Wildman–Crippen MR) is 76.7 cm³/mol. The minimum Gasteiger partial charge on any atom is -0.336 e. The number of nitrogens with zero attached hydrogens (tertiary/aromatic N) is 1. The Kier molecular flexibility index (Phi) is 4.90. The number of hydrogen-bond donors (Lipinski definition) is 1. The molecular weight excluding hydrogens is 291 g/mol. The SMILES string of the molecule is NCCC1CCCCN1C(=O)c1cc(Cl)sc1Cl. The molecule has 1 atom stereocenters. The lowest BCUT2D eigenvalue weighted by Gasteiger charge is -2.35. The number of thiophene rings is 1. The summed E-state index contributed by atoms with van der Waals surface area (Å²) in [4.78, 5) is 14.4. The third-order valence-electron chi connectivity index (χ3n) is 3.27. The summed E-state index contributed by atoms with van der Waals surface area (Å²) in [6.07, 6.45) is 4.08. The van der Waals surface area contributed by atoms with E-state index in [1.807, 2.05) is 4.90 Å². The largest absolute Gasteiger partial charge is 0.336 e. The van der Waals surface area contributed by atoms with Gasteiger partial charge in [-0.15, -0.1) is 11.3 Å². The zero-order valence-corrected chi connectivity index (χ0v) is 12.3. The second kappa shape index (κ2) is 6.24. The van der Waals surface area contributed by atoms with Crippen LogP contribution >= 0.6 is 34.5 Å². The molecule has 18 heavy (non-hydrogen) atoms. The van der Waals surface area contributed by atoms with Gasteiger partial charge in [-0.05, 0) is 38.3 Å². The first-order valence-corrected chi connectivity index (χ1v) is 7.66. The average Bonchev–Trinajstić information content (AvgIpc) is 2.69. The van der Waals surface area contributed by atoms with Crippen LogP contribution in [0.15, 0.2) is 6.07 Å². The van der Waals surface area contributed by atoms with Gasteiger partial charge in [0.15, 0.2) is 0 Å². The van der Waals surface area contributed by atoms with Gasteiger partial charge in [-0.1, -0.05) is 23.2 Å². The molecule has 100 valence electrons. The highest BCUT2D eigenvalue weighted by Crippen LogP contribution is 2.33. The van der Waals surface area contributed by atoms with E-state index in [0.717, 1.165) is 32.2 Å². The van der Waals surface area contributed by atoms with Crippen molar-refractivity contribution in [3.63, 3.8) is 0 Å². The van der Waals surface area contributed by atoms with E-state index in [2.05, 4.69) is 0 Å². The fraction of sp³-hybridized carbons (Fsp3) is 0.583. The maximum absolute atomic E-state index is 12.5. The summed E-state index contributed by atoms with van der Waals surface area (Å²) in [5.74, 6) is -0.0127. The fourth-order valence-corrected chi connectivity index (χ4v) is 3.85. The summed E-state index contributed by atoms with van der Waals surface area (Å²) >= 11 is 13.2. The number of likely N-dealkylation sites (tertiary alicyclic amines) is 1. The van der Waals surface area contributed by atoms with Crippen LogP contribution in [0.5, 0.6) is 0 Å². The van der Waals surface area contributed by atoms with Crippen molar-refractivity contribution in [3.05, 3.63) is 20.3 Å². The van der Waals surface area contributed by atoms with Crippen LogP contribution in [0.4, 0.5) is 0 Å². The lowest BCUT2D eigenvalue weighted by Crippen LogP contribution is -2.44. The van der Waals surface area contributed by atoms with Gasteiger partial charge in [-0.2, -0.15) is 0 Å². The smallest absolute Gasteiger partial charge is 0.256 e. The zero-order valence-electron chi connectivity index (χ0n) is 9.99. The molecule has 2 N–H and O–H groups in total. The molecule has 1 aliphatic heterocycles. The number of hydrogen-bond acceptors (Lipinski definition) is 3. The van der Waals surface area contributed by atoms with Gasteiger partial charge < -0.3 is 10.6 Å². The molecule has 1 aliphatic rings. The minimum atomic E-state index is -0.0127. The van der Waals surface area contributed by atoms with Crippen molar-refractivity contribution in [3.8, 4) is 0 Å². The van der Waals surface area contributed by atoms with E-state index in [1.54, 1.807) is 6.07 Å². The monoisotopic (exact) mass is 306 g/mol. The van der Waals surface area contributed by atoms with E-state index >= 15 is 0 Å². The van der Waals surface area contributed by atoms with Crippen molar-refractivity contribution in [2.24, 2.45) is 5.73 Å². The van der Waals surface area contributed by atoms with Crippen LogP contribution in [-0.2, 0) is 0 Å². The summed E-state index contributed by atoms with van der Waals surface area (Å²) in [5.41, 5.74) is 6.14. The molecule has 2 heterocycles. The number of nitrogens with two attached hydrogens (primary N) is 1. The highest BCUT2D eigenvalue weighted by molar-refractivity contribution is 7.20. The van der Waals surface area contributed by atoms with Crippen LogP contribution in [0.1, 0.15) is 36.0 Å². The third-order valence-corrected chi connectivity index (χ3v) is 4.76. The summed E-state index contributed by atoms with van der Waals surface area (Å²) in [6.45, 7) is 1.39. The molecule has 0 bridgehead atoms. The van der Waals surface area contributed by atoms with Gasteiger partial charge in [0, 0.05) is 12.6 Å². The number of halogens is 2. The second-order valence-corrected chi connectivity index (χ2v) is 6.75. The molecule has 6 heteroatoms. The highest BCUT2D eigenvalue weighted by Gasteiger charge is 2.28. The molecule has 2 rings (SSSR count). The normalized spacial score (nSPS) is 20.2. The van der Waals surface area contributed by atoms with E-state index in [1.165, 1.54) is 11.3 Å². The Hall–Kier alpha value is -0.290. The standard InChI is InChI=1S/C12H16Cl2N2OS/c13-10-7-9(11(14)18-10)12(17)16-6-2-1-3-8(16)4-5-15/h7-8H,1-6,15H2. The van der Waals surface area contributed by atoms with Crippen molar-refractivity contribution in [1.82, 2.24) is 4.90 Å². The van der Waals surface area contributed by atoms with E-state index in [0.29, 0.717) is 20.8 Å². The number of rotatable bonds is 3. The number of carbonyl (C=O) groups excluding carboxylic acids is 1. The van der Waals surface area contributed by atoms with Gasteiger partial charge in [-0.3, -0.25) is 4.79 Å². The Morgan fingerprint density at radius 3 is 2.89 bits per heavy atom. The first kappa shape index (κ1) is 14.1. The van der Waals surface area contributed by atoms with Crippen molar-refractivity contribution < 1.29 is 4.79 Å². The molecule has 0 aliphatic carbocycles. The molecule has 3 nitrogen and oxygen atoms in total. The highest BCUT2D eigenvalue weighted by atomic mass is 35.5. The first-order valence-electron chi connectivity index (χ1n) is 6.09. The van der Waals surface area contributed by atoms with E-state index < -0.39 is 0 Å². The van der Waals surface area contributed by atoms with Crippen LogP contribution in [0.2, 0.25) is 8.67 Å². The van der Waals surface area contributed by atoms with E-state index in [9.17, 15) is 4.79 Å². The summed E-state index contributed by atoms with van der Waals surface area (Å²) in [7, 11) is 0. The number of amides is 1. The molecule has 1 amide bonds. The molecule has 1 fully saturated rings. The predicted octanol–water partition coefficient (Wildman–Crippen LogP) is 3.40. The van der Waals surface area contributed by atoms with Gasteiger partial charge >= 0.3 is 0 Å². The van der Waals surface area contributed by atoms with Gasteiger partial charge in [-0.25, -0.2) is 0 Å². The lowest BCUT2D eigenvalue weighted by molar-refractivity contribution is 0.0606. The summed E-state index contributed by atoms with van der Waals surface area (Å²) < 4.78 is 1.03. The first-order chi connectivity index (χ1) is 8.63. The molecule has 0 radical (unpaired) electrons. The Morgan fingerprint density at radius 2 is 2.28 bits per heavy atom. The molecule has 1 unspecified atom stereocenters. The fourth-order valence-electron chi connectivity index (χ4n) is 2.40. The minimum absolute atomic E-state index is 0.0127. The van der Waals surface area contributed by atoms with Crippen LogP contribution in [0.3, 0.4) is 0 Å². The van der Waals surface area contributed by atoms with Crippen molar-refractivity contribution in [2.75, 3.05) is 13.1 Å². The summed E-state index contributed by atoms with van der Waals surface area (Å²) in [6, 6.07) is 1.90. The molecular formula is C12H16Cl2N2OS. The van der Waals surface area contributed by atoms with Gasteiger partial charge in [0.25, 0.3) is 5.91 Å². The molecule has 1 saturated heterocycles. The van der Waals surface area contributed by atoms with E-state index in [-0.39, 0.29) is 11.9 Å². The molecule has 1 aromatic rings. The number of piperidine rings is 1. The van der Waals surface area contributed by atoms with Gasteiger partial charge in [0.05, 0.1) is 9.90 Å². The van der Waals surface area contributed by atoms with Crippen LogP contribution < -0.4 is 5.73 Å².